The highest BCUT2D eigenvalue weighted by Crippen LogP contribution is 2.20. The predicted octanol–water partition coefficient (Wildman–Crippen LogP) is 2.31. The van der Waals surface area contributed by atoms with Gasteiger partial charge in [-0.25, -0.2) is 0 Å². The number of carbonyl (C=O) groups is 1. The molecule has 0 radical (unpaired) electrons. The maximum Gasteiger partial charge on any atom is 0.223 e. The molecule has 1 aliphatic rings. The summed E-state index contributed by atoms with van der Waals surface area (Å²) < 4.78 is 0. The zero-order chi connectivity index (χ0) is 13.0. The van der Waals surface area contributed by atoms with E-state index in [0.29, 0.717) is 12.2 Å². The Labute approximate surface area is 118 Å². The monoisotopic (exact) mass is 284 g/mol. The lowest BCUT2D eigenvalue weighted by atomic mass is 10.2. The van der Waals surface area contributed by atoms with Crippen molar-refractivity contribution in [1.29, 1.82) is 0 Å². The Morgan fingerprint density at radius 2 is 2.00 bits per heavy atom. The highest BCUT2D eigenvalue weighted by atomic mass is 35.5. The fourth-order valence-electron chi connectivity index (χ4n) is 2.14. The first-order chi connectivity index (χ1) is 8.70. The number of nitrogens with zero attached hydrogens (tertiary/aromatic N) is 2. The minimum Gasteiger partial charge on any atom is -0.368 e. The Kier molecular flexibility index (Phi) is 4.78. The molecule has 1 aromatic rings. The van der Waals surface area contributed by atoms with Crippen molar-refractivity contribution >= 4 is 35.8 Å². The minimum atomic E-state index is 0.204. The molecule has 0 saturated carbocycles. The molecule has 1 heterocycles. The van der Waals surface area contributed by atoms with Crippen LogP contribution < -0.4 is 4.90 Å². The molecule has 1 fully saturated rings. The van der Waals surface area contributed by atoms with Gasteiger partial charge in [-0.2, -0.15) is 12.6 Å². The lowest BCUT2D eigenvalue weighted by Crippen LogP contribution is -2.48. The minimum absolute atomic E-state index is 0.204. The second kappa shape index (κ2) is 6.34. The second-order valence-electron chi connectivity index (χ2n) is 4.32. The second-order valence-corrected chi connectivity index (χ2v) is 5.20. The molecule has 1 saturated heterocycles. The summed E-state index contributed by atoms with van der Waals surface area (Å²) in [7, 11) is 0. The first-order valence-electron chi connectivity index (χ1n) is 6.10. The summed E-state index contributed by atoms with van der Waals surface area (Å²) in [5.41, 5.74) is 1.13. The molecule has 0 aliphatic carbocycles. The zero-order valence-electron chi connectivity index (χ0n) is 10.2. The van der Waals surface area contributed by atoms with E-state index in [-0.39, 0.29) is 5.91 Å². The van der Waals surface area contributed by atoms with Gasteiger partial charge in [0.1, 0.15) is 0 Å². The summed E-state index contributed by atoms with van der Waals surface area (Å²) in [5, 5.41) is 0.751. The van der Waals surface area contributed by atoms with Crippen LogP contribution in [0.5, 0.6) is 0 Å². The lowest BCUT2D eigenvalue weighted by Gasteiger charge is -2.36. The Morgan fingerprint density at radius 3 is 2.61 bits per heavy atom. The summed E-state index contributed by atoms with van der Waals surface area (Å²) in [6, 6.07) is 7.84. The third kappa shape index (κ3) is 3.33. The first kappa shape index (κ1) is 13.6. The molecule has 1 aliphatic heterocycles. The largest absolute Gasteiger partial charge is 0.368 e. The van der Waals surface area contributed by atoms with E-state index < -0.39 is 0 Å². The topological polar surface area (TPSA) is 23.6 Å². The fourth-order valence-corrected chi connectivity index (χ4v) is 2.52. The standard InChI is InChI=1S/C13H17ClN2OS/c14-11-2-1-3-12(10-11)15-5-7-16(8-6-15)13(17)4-9-18/h1-3,10,18H,4-9H2. The van der Waals surface area contributed by atoms with Crippen molar-refractivity contribution < 1.29 is 4.79 Å². The molecule has 5 heteroatoms. The molecule has 1 aromatic carbocycles. The molecule has 0 bridgehead atoms. The summed E-state index contributed by atoms with van der Waals surface area (Å²) >= 11 is 10.1. The van der Waals surface area contributed by atoms with Gasteiger partial charge in [0.05, 0.1) is 0 Å². The van der Waals surface area contributed by atoms with E-state index in [4.69, 9.17) is 11.6 Å². The Bertz CT molecular complexity index is 419. The molecule has 2 rings (SSSR count). The van der Waals surface area contributed by atoms with Gasteiger partial charge in [0.15, 0.2) is 0 Å². The van der Waals surface area contributed by atoms with Gasteiger partial charge < -0.3 is 9.80 Å². The molecule has 0 unspecified atom stereocenters. The zero-order valence-corrected chi connectivity index (χ0v) is 11.8. The van der Waals surface area contributed by atoms with Gasteiger partial charge in [-0.05, 0) is 24.0 Å². The number of amides is 1. The molecule has 18 heavy (non-hydrogen) atoms. The number of anilines is 1. The van der Waals surface area contributed by atoms with Crippen LogP contribution >= 0.6 is 24.2 Å². The van der Waals surface area contributed by atoms with Crippen molar-refractivity contribution in [3.05, 3.63) is 29.3 Å². The van der Waals surface area contributed by atoms with Gasteiger partial charge in [0.2, 0.25) is 5.91 Å². The third-order valence-electron chi connectivity index (χ3n) is 3.13. The first-order valence-corrected chi connectivity index (χ1v) is 7.11. The number of piperazine rings is 1. The number of hydrogen-bond acceptors (Lipinski definition) is 3. The summed E-state index contributed by atoms with van der Waals surface area (Å²) in [5.74, 6) is 0.823. The molecular weight excluding hydrogens is 268 g/mol. The number of benzene rings is 1. The Hall–Kier alpha value is -0.870. The molecule has 1 amide bonds. The quantitative estimate of drug-likeness (QED) is 0.861. The molecule has 0 aromatic heterocycles. The number of carbonyl (C=O) groups excluding carboxylic acids is 1. The molecular formula is C13H17ClN2OS. The van der Waals surface area contributed by atoms with Gasteiger partial charge in [0.25, 0.3) is 0 Å². The molecule has 0 atom stereocenters. The van der Waals surface area contributed by atoms with Crippen LogP contribution in [0.15, 0.2) is 24.3 Å². The van der Waals surface area contributed by atoms with Gasteiger partial charge in [-0.15, -0.1) is 0 Å². The average Bonchev–Trinajstić information content (AvgIpc) is 2.39. The van der Waals surface area contributed by atoms with Crippen molar-refractivity contribution in [2.75, 3.05) is 36.8 Å². The van der Waals surface area contributed by atoms with E-state index in [2.05, 4.69) is 23.6 Å². The molecule has 98 valence electrons. The number of thiol groups is 1. The van der Waals surface area contributed by atoms with Crippen LogP contribution in [0.4, 0.5) is 5.69 Å². The van der Waals surface area contributed by atoms with Crippen molar-refractivity contribution in [2.24, 2.45) is 0 Å². The van der Waals surface area contributed by atoms with Crippen LogP contribution in [0.1, 0.15) is 6.42 Å². The van der Waals surface area contributed by atoms with Crippen LogP contribution in [0, 0.1) is 0 Å². The van der Waals surface area contributed by atoms with Crippen molar-refractivity contribution in [3.8, 4) is 0 Å². The maximum absolute atomic E-state index is 11.7. The van der Waals surface area contributed by atoms with Crippen molar-refractivity contribution in [1.82, 2.24) is 4.90 Å². The van der Waals surface area contributed by atoms with Crippen LogP contribution in [0.2, 0.25) is 5.02 Å². The normalized spacial score (nSPS) is 15.9. The van der Waals surface area contributed by atoms with Gasteiger partial charge in [-0.3, -0.25) is 4.79 Å². The van der Waals surface area contributed by atoms with Gasteiger partial charge in [0, 0.05) is 43.3 Å². The Morgan fingerprint density at radius 1 is 1.28 bits per heavy atom. The van der Waals surface area contributed by atoms with Crippen LogP contribution in [-0.4, -0.2) is 42.7 Å². The average molecular weight is 285 g/mol. The molecule has 3 nitrogen and oxygen atoms in total. The Balaban J connectivity index is 1.92. The van der Waals surface area contributed by atoms with E-state index >= 15 is 0 Å². The van der Waals surface area contributed by atoms with Crippen LogP contribution in [0.3, 0.4) is 0 Å². The van der Waals surface area contributed by atoms with E-state index in [1.165, 1.54) is 0 Å². The van der Waals surface area contributed by atoms with Crippen LogP contribution in [-0.2, 0) is 4.79 Å². The number of halogens is 1. The highest BCUT2D eigenvalue weighted by molar-refractivity contribution is 7.80. The maximum atomic E-state index is 11.7. The van der Waals surface area contributed by atoms with E-state index in [1.54, 1.807) is 0 Å². The molecule has 0 N–H and O–H groups in total. The summed E-state index contributed by atoms with van der Waals surface area (Å²) in [6.07, 6.45) is 0.528. The van der Waals surface area contributed by atoms with E-state index in [1.807, 2.05) is 23.1 Å². The number of hydrogen-bond donors (Lipinski definition) is 1. The smallest absolute Gasteiger partial charge is 0.223 e. The third-order valence-corrected chi connectivity index (χ3v) is 3.59. The summed E-state index contributed by atoms with van der Waals surface area (Å²) in [4.78, 5) is 15.9. The van der Waals surface area contributed by atoms with Gasteiger partial charge >= 0.3 is 0 Å². The van der Waals surface area contributed by atoms with Crippen molar-refractivity contribution in [3.63, 3.8) is 0 Å². The van der Waals surface area contributed by atoms with Crippen LogP contribution in [0.25, 0.3) is 0 Å². The predicted molar refractivity (Wildman–Crippen MR) is 78.7 cm³/mol. The van der Waals surface area contributed by atoms with E-state index in [9.17, 15) is 4.79 Å². The highest BCUT2D eigenvalue weighted by Gasteiger charge is 2.20. The SMILES string of the molecule is O=C(CCS)N1CCN(c2cccc(Cl)c2)CC1. The fraction of sp³-hybridized carbons (Fsp3) is 0.462. The van der Waals surface area contributed by atoms with Gasteiger partial charge in [-0.1, -0.05) is 17.7 Å². The summed E-state index contributed by atoms with van der Waals surface area (Å²) in [6.45, 7) is 3.27. The number of rotatable bonds is 3. The van der Waals surface area contributed by atoms with E-state index in [0.717, 1.165) is 36.9 Å². The lowest BCUT2D eigenvalue weighted by molar-refractivity contribution is -0.131. The molecule has 0 spiro atoms. The van der Waals surface area contributed by atoms with Crippen molar-refractivity contribution in [2.45, 2.75) is 6.42 Å².